The Kier molecular flexibility index (Phi) is 3.99. The highest BCUT2D eigenvalue weighted by Gasteiger charge is 2.33. The molecule has 1 fully saturated rings. The van der Waals surface area contributed by atoms with Crippen molar-refractivity contribution in [1.29, 1.82) is 0 Å². The van der Waals surface area contributed by atoms with E-state index in [9.17, 15) is 17.1 Å². The van der Waals surface area contributed by atoms with Crippen molar-refractivity contribution in [1.82, 2.24) is 0 Å². The van der Waals surface area contributed by atoms with Crippen molar-refractivity contribution >= 4 is 21.8 Å². The monoisotopic (exact) mass is 301 g/mol. The van der Waals surface area contributed by atoms with Crippen LogP contribution in [-0.4, -0.2) is 33.7 Å². The van der Waals surface area contributed by atoms with E-state index in [2.05, 4.69) is 0 Å². The molecule has 5 nitrogen and oxygen atoms in total. The van der Waals surface area contributed by atoms with Gasteiger partial charge in [0.25, 0.3) is 0 Å². The second-order valence-electron chi connectivity index (χ2n) is 4.93. The molecule has 0 aliphatic carbocycles. The molecule has 1 saturated heterocycles. The summed E-state index contributed by atoms with van der Waals surface area (Å²) in [4.78, 5) is 13.4. The number of aryl methyl sites for hydroxylation is 1. The molecule has 1 aliphatic heterocycles. The number of hydrogen-bond donors (Lipinski definition) is 0. The van der Waals surface area contributed by atoms with Crippen LogP contribution in [0.3, 0.4) is 0 Å². The van der Waals surface area contributed by atoms with E-state index >= 15 is 0 Å². The Hall–Kier alpha value is -1.63. The number of anilines is 1. The molecule has 1 heterocycles. The number of hydrogen-bond acceptors (Lipinski definition) is 4. The topological polar surface area (TPSA) is 63.7 Å². The fourth-order valence-electron chi connectivity index (χ4n) is 2.45. The largest absolute Gasteiger partial charge is 0.496 e. The third-order valence-electron chi connectivity index (χ3n) is 3.33. The van der Waals surface area contributed by atoms with Crippen LogP contribution < -0.4 is 9.64 Å². The van der Waals surface area contributed by atoms with Crippen LogP contribution in [0.15, 0.2) is 18.2 Å². The predicted octanol–water partition coefficient (Wildman–Crippen LogP) is 1.66. The first-order valence-electron chi connectivity index (χ1n) is 6.17. The number of nitrogens with zero attached hydrogens (tertiary/aromatic N) is 1. The third-order valence-corrected chi connectivity index (χ3v) is 4.20. The van der Waals surface area contributed by atoms with Gasteiger partial charge in [0.1, 0.15) is 5.75 Å². The molecule has 1 aliphatic rings. The Labute approximate surface area is 117 Å². The van der Waals surface area contributed by atoms with E-state index < -0.39 is 21.9 Å². The van der Waals surface area contributed by atoms with Gasteiger partial charge >= 0.3 is 10.2 Å². The summed E-state index contributed by atoms with van der Waals surface area (Å²) in [6, 6.07) is 5.27. The average molecular weight is 301 g/mol. The van der Waals surface area contributed by atoms with Crippen LogP contribution in [0.4, 0.5) is 9.57 Å². The molecular weight excluding hydrogens is 285 g/mol. The molecule has 1 aromatic rings. The van der Waals surface area contributed by atoms with E-state index in [1.165, 1.54) is 4.90 Å². The SMILES string of the molecule is COc1ccc(N2CC(CS(=O)(=O)F)CC2=O)cc1C. The zero-order chi connectivity index (χ0) is 14.9. The minimum atomic E-state index is -4.55. The molecule has 0 spiro atoms. The van der Waals surface area contributed by atoms with Crippen molar-refractivity contribution in [2.45, 2.75) is 13.3 Å². The van der Waals surface area contributed by atoms with Gasteiger partial charge in [0, 0.05) is 24.6 Å². The van der Waals surface area contributed by atoms with Crippen molar-refractivity contribution in [3.8, 4) is 5.75 Å². The number of rotatable bonds is 4. The molecule has 7 heteroatoms. The zero-order valence-corrected chi connectivity index (χ0v) is 12.1. The summed E-state index contributed by atoms with van der Waals surface area (Å²) in [7, 11) is -2.99. The van der Waals surface area contributed by atoms with Crippen LogP contribution in [0.2, 0.25) is 0 Å². The van der Waals surface area contributed by atoms with Gasteiger partial charge in [-0.3, -0.25) is 4.79 Å². The van der Waals surface area contributed by atoms with Crippen molar-refractivity contribution in [3.05, 3.63) is 23.8 Å². The maximum absolute atomic E-state index is 12.7. The second kappa shape index (κ2) is 5.40. The van der Waals surface area contributed by atoms with E-state index in [1.807, 2.05) is 6.92 Å². The van der Waals surface area contributed by atoms with Gasteiger partial charge in [-0.25, -0.2) is 0 Å². The van der Waals surface area contributed by atoms with Gasteiger partial charge in [0.05, 0.1) is 12.9 Å². The highest BCUT2D eigenvalue weighted by Crippen LogP contribution is 2.29. The van der Waals surface area contributed by atoms with E-state index in [-0.39, 0.29) is 18.9 Å². The Morgan fingerprint density at radius 3 is 2.70 bits per heavy atom. The zero-order valence-electron chi connectivity index (χ0n) is 11.3. The Balaban J connectivity index is 2.18. The van der Waals surface area contributed by atoms with Crippen molar-refractivity contribution in [3.63, 3.8) is 0 Å². The summed E-state index contributed by atoms with van der Waals surface area (Å²) < 4.78 is 39.2. The van der Waals surface area contributed by atoms with Gasteiger partial charge in [0.2, 0.25) is 5.91 Å². The summed E-state index contributed by atoms with van der Waals surface area (Å²) >= 11 is 0. The van der Waals surface area contributed by atoms with Crippen molar-refractivity contribution in [2.24, 2.45) is 5.92 Å². The Morgan fingerprint density at radius 2 is 2.15 bits per heavy atom. The van der Waals surface area contributed by atoms with E-state index in [1.54, 1.807) is 25.3 Å². The molecular formula is C13H16FNO4S. The minimum absolute atomic E-state index is 0.0498. The lowest BCUT2D eigenvalue weighted by molar-refractivity contribution is -0.117. The standard InChI is InChI=1S/C13H16FNO4S/c1-9-5-11(3-4-12(9)19-2)15-7-10(6-13(15)16)8-20(14,17)18/h3-5,10H,6-8H2,1-2H3. The van der Waals surface area contributed by atoms with Crippen LogP contribution in [0.25, 0.3) is 0 Å². The second-order valence-corrected chi connectivity index (χ2v) is 6.34. The molecule has 20 heavy (non-hydrogen) atoms. The molecule has 1 aromatic carbocycles. The normalized spacial score (nSPS) is 19.4. The molecule has 0 bridgehead atoms. The first-order chi connectivity index (χ1) is 9.30. The number of carbonyl (C=O) groups is 1. The molecule has 1 amide bonds. The maximum Gasteiger partial charge on any atom is 0.302 e. The summed E-state index contributed by atoms with van der Waals surface area (Å²) in [5.41, 5.74) is 1.55. The van der Waals surface area contributed by atoms with Crippen LogP contribution in [0.5, 0.6) is 5.75 Å². The summed E-state index contributed by atoms with van der Waals surface area (Å²) in [6.45, 7) is 2.07. The van der Waals surface area contributed by atoms with Gasteiger partial charge < -0.3 is 9.64 Å². The molecule has 0 saturated carbocycles. The fourth-order valence-corrected chi connectivity index (χ4v) is 3.24. The summed E-state index contributed by atoms with van der Waals surface area (Å²) in [5, 5.41) is 0. The van der Waals surface area contributed by atoms with Crippen molar-refractivity contribution in [2.75, 3.05) is 24.3 Å². The fraction of sp³-hybridized carbons (Fsp3) is 0.462. The van der Waals surface area contributed by atoms with Crippen LogP contribution in [0.1, 0.15) is 12.0 Å². The molecule has 1 unspecified atom stereocenters. The van der Waals surface area contributed by atoms with Gasteiger partial charge in [-0.1, -0.05) is 0 Å². The average Bonchev–Trinajstić information content (AvgIpc) is 2.67. The smallest absolute Gasteiger partial charge is 0.302 e. The maximum atomic E-state index is 12.7. The lowest BCUT2D eigenvalue weighted by Gasteiger charge is -2.18. The van der Waals surface area contributed by atoms with Gasteiger partial charge in [-0.15, -0.1) is 3.89 Å². The molecule has 1 atom stereocenters. The van der Waals surface area contributed by atoms with Gasteiger partial charge in [-0.2, -0.15) is 8.42 Å². The third kappa shape index (κ3) is 3.27. The molecule has 0 N–H and O–H groups in total. The van der Waals surface area contributed by atoms with E-state index in [4.69, 9.17) is 4.74 Å². The number of methoxy groups -OCH3 is 1. The highest BCUT2D eigenvalue weighted by molar-refractivity contribution is 7.86. The predicted molar refractivity (Wildman–Crippen MR) is 73.1 cm³/mol. The molecule has 110 valence electrons. The van der Waals surface area contributed by atoms with E-state index in [0.29, 0.717) is 11.4 Å². The van der Waals surface area contributed by atoms with Gasteiger partial charge in [0.15, 0.2) is 0 Å². The lowest BCUT2D eigenvalue weighted by atomic mass is 10.1. The molecule has 0 aromatic heterocycles. The Bertz CT molecular complexity index is 629. The van der Waals surface area contributed by atoms with Crippen LogP contribution in [0, 0.1) is 12.8 Å². The molecule has 0 radical (unpaired) electrons. The summed E-state index contributed by atoms with van der Waals surface area (Å²) in [6.07, 6.45) is 0.0498. The number of amides is 1. The quantitative estimate of drug-likeness (QED) is 0.793. The van der Waals surface area contributed by atoms with Crippen LogP contribution >= 0.6 is 0 Å². The van der Waals surface area contributed by atoms with Crippen molar-refractivity contribution < 1.29 is 21.8 Å². The van der Waals surface area contributed by atoms with E-state index in [0.717, 1.165) is 5.56 Å². The minimum Gasteiger partial charge on any atom is -0.496 e. The first-order valence-corrected chi connectivity index (χ1v) is 7.73. The summed E-state index contributed by atoms with van der Waals surface area (Å²) in [5.74, 6) is -0.587. The van der Waals surface area contributed by atoms with Gasteiger partial charge in [-0.05, 0) is 30.7 Å². The number of ether oxygens (including phenoxy) is 1. The lowest BCUT2D eigenvalue weighted by Crippen LogP contribution is -2.25. The Morgan fingerprint density at radius 1 is 1.45 bits per heavy atom. The first kappa shape index (κ1) is 14.8. The number of benzene rings is 1. The number of carbonyl (C=O) groups excluding carboxylic acids is 1. The number of halogens is 1. The molecule has 2 rings (SSSR count). The van der Waals surface area contributed by atoms with Crippen LogP contribution in [-0.2, 0) is 15.0 Å². The highest BCUT2D eigenvalue weighted by atomic mass is 32.3.